The maximum Gasteiger partial charge on any atom is 0.192 e. The fourth-order valence-corrected chi connectivity index (χ4v) is 9.60. The van der Waals surface area contributed by atoms with Crippen LogP contribution in [0.3, 0.4) is 0 Å². The van der Waals surface area contributed by atoms with E-state index >= 15 is 0 Å². The Morgan fingerprint density at radius 3 is 2.05 bits per heavy atom. The number of rotatable bonds is 23. The van der Waals surface area contributed by atoms with Crippen LogP contribution in [0.25, 0.3) is 6.08 Å². The number of nitrogens with zero attached hydrogens (tertiary/aromatic N) is 1. The molecular formula is C47H81NO6SSi2. The SMILES string of the molecule is COc1ccc(CO[C@@H](C/C=C(/C)CCC[C@H](C)[C@H](O)[C@@H](C)C(=O)C(C)(C)[C@H](CCO[Si](C)(C)C(C)(C)C)O[Si](C)(C)C(C)(C)C)/C(C)=C/c2csc(C)n2)cc1. The quantitative estimate of drug-likeness (QED) is 0.0880. The predicted octanol–water partition coefficient (Wildman–Crippen LogP) is 13.0. The van der Waals surface area contributed by atoms with Gasteiger partial charge in [0.15, 0.2) is 16.6 Å². The van der Waals surface area contributed by atoms with Crippen molar-refractivity contribution in [1.29, 1.82) is 0 Å². The normalized spacial score (nSPS) is 16.6. The standard InChI is InChI=1S/C47H81NO6SSi2/c1-33(22-27-41(35(3)30-39-32-55-37(5)48-39)52-31-38-23-25-40(51-14)26-24-38)20-19-21-34(2)43(49)36(4)44(50)47(12,13)42(54-57(17,18)46(9,10)11)28-29-53-56(15,16)45(6,7)8/h22-26,30,32,34,36,41-43,49H,19-21,27-29,31H2,1-18H3/b33-22-,35-30+/t34-,36+,41-,42-,43-/m0/s1. The largest absolute Gasteiger partial charge is 0.497 e. The van der Waals surface area contributed by atoms with E-state index in [2.05, 4.69) is 111 Å². The Kier molecular flexibility index (Phi) is 19.4. The maximum absolute atomic E-state index is 14.4. The van der Waals surface area contributed by atoms with Crippen LogP contribution in [-0.4, -0.2) is 64.5 Å². The highest BCUT2D eigenvalue weighted by Gasteiger charge is 2.47. The Balaban J connectivity index is 2.10. The van der Waals surface area contributed by atoms with Crippen molar-refractivity contribution >= 4 is 39.8 Å². The lowest BCUT2D eigenvalue weighted by molar-refractivity contribution is -0.141. The number of allylic oxidation sites excluding steroid dienone is 1. The van der Waals surface area contributed by atoms with Crippen LogP contribution in [0, 0.1) is 24.2 Å². The molecule has 0 radical (unpaired) electrons. The van der Waals surface area contributed by atoms with E-state index in [-0.39, 0.29) is 34.0 Å². The Bertz CT molecular complexity index is 1600. The van der Waals surface area contributed by atoms with Gasteiger partial charge in [0.25, 0.3) is 0 Å². The second-order valence-electron chi connectivity index (χ2n) is 20.1. The van der Waals surface area contributed by atoms with Crippen LogP contribution in [0.4, 0.5) is 0 Å². The number of benzene rings is 1. The van der Waals surface area contributed by atoms with Crippen LogP contribution in [0.15, 0.2) is 46.9 Å². The number of hydrogen-bond acceptors (Lipinski definition) is 8. The van der Waals surface area contributed by atoms with Crippen molar-refractivity contribution < 1.29 is 28.2 Å². The van der Waals surface area contributed by atoms with E-state index in [0.717, 1.165) is 53.3 Å². The molecule has 1 N–H and O–H groups in total. The van der Waals surface area contributed by atoms with Crippen molar-refractivity contribution in [3.05, 3.63) is 63.1 Å². The molecule has 0 spiro atoms. The fraction of sp³-hybridized carbons (Fsp3) is 0.702. The molecule has 2 aromatic rings. The molecule has 0 saturated carbocycles. The van der Waals surface area contributed by atoms with Crippen LogP contribution in [-0.2, 0) is 25.0 Å². The summed E-state index contributed by atoms with van der Waals surface area (Å²) in [5, 5.41) is 14.9. The predicted molar refractivity (Wildman–Crippen MR) is 247 cm³/mol. The zero-order valence-corrected chi connectivity index (χ0v) is 42.0. The highest BCUT2D eigenvalue weighted by atomic mass is 32.1. The van der Waals surface area contributed by atoms with Gasteiger partial charge in [0.1, 0.15) is 11.5 Å². The Hall–Kier alpha value is -1.93. The molecule has 0 saturated heterocycles. The van der Waals surface area contributed by atoms with Crippen molar-refractivity contribution in [2.75, 3.05) is 13.7 Å². The maximum atomic E-state index is 14.4. The molecule has 1 aromatic heterocycles. The van der Waals surface area contributed by atoms with Gasteiger partial charge >= 0.3 is 0 Å². The minimum absolute atomic E-state index is 0.00160. The lowest BCUT2D eigenvalue weighted by Crippen LogP contribution is -2.52. The first kappa shape index (κ1) is 51.2. The summed E-state index contributed by atoms with van der Waals surface area (Å²) in [6, 6.07) is 8.00. The van der Waals surface area contributed by atoms with Crippen molar-refractivity contribution in [1.82, 2.24) is 4.98 Å². The molecule has 1 aromatic carbocycles. The Morgan fingerprint density at radius 2 is 1.53 bits per heavy atom. The first-order valence-corrected chi connectivity index (χ1v) is 27.9. The van der Waals surface area contributed by atoms with Gasteiger partial charge in [-0.05, 0) is 124 Å². The number of aliphatic hydroxyl groups is 1. The monoisotopic (exact) mass is 844 g/mol. The zero-order valence-electron chi connectivity index (χ0n) is 39.2. The molecule has 7 nitrogen and oxygen atoms in total. The van der Waals surface area contributed by atoms with Gasteiger partial charge in [0.05, 0.1) is 42.7 Å². The lowest BCUT2D eigenvalue weighted by atomic mass is 9.73. The number of ketones is 1. The van der Waals surface area contributed by atoms with E-state index in [9.17, 15) is 9.90 Å². The van der Waals surface area contributed by atoms with Crippen LogP contribution in [0.2, 0.25) is 36.3 Å². The zero-order chi connectivity index (χ0) is 43.6. The van der Waals surface area contributed by atoms with Crippen molar-refractivity contribution in [3.8, 4) is 5.75 Å². The topological polar surface area (TPSA) is 87.1 Å². The number of thiazole rings is 1. The Labute approximate surface area is 354 Å². The molecule has 0 amide bonds. The highest BCUT2D eigenvalue weighted by Crippen LogP contribution is 2.43. The second kappa shape index (κ2) is 21.5. The molecule has 0 aliphatic rings. The number of carbonyl (C=O) groups excluding carboxylic acids is 1. The molecule has 57 heavy (non-hydrogen) atoms. The molecule has 2 rings (SSSR count). The number of aliphatic hydroxyl groups excluding tert-OH is 1. The number of ether oxygens (including phenoxy) is 2. The molecule has 0 unspecified atom stereocenters. The average molecular weight is 844 g/mol. The molecule has 0 aliphatic carbocycles. The number of Topliss-reactive ketones (excluding diaryl/α,β-unsaturated/α-hetero) is 1. The third-order valence-corrected chi connectivity index (χ3v) is 22.7. The molecule has 1 heterocycles. The van der Waals surface area contributed by atoms with Crippen LogP contribution in [0.1, 0.15) is 131 Å². The first-order valence-electron chi connectivity index (χ1n) is 21.2. The van der Waals surface area contributed by atoms with Gasteiger partial charge in [-0.1, -0.05) is 93.0 Å². The number of carbonyl (C=O) groups is 1. The molecule has 0 bridgehead atoms. The average Bonchev–Trinajstić information content (AvgIpc) is 3.52. The summed E-state index contributed by atoms with van der Waals surface area (Å²) >= 11 is 1.65. The summed E-state index contributed by atoms with van der Waals surface area (Å²) in [4.78, 5) is 19.0. The molecular weight excluding hydrogens is 763 g/mol. The van der Waals surface area contributed by atoms with E-state index in [1.165, 1.54) is 5.57 Å². The summed E-state index contributed by atoms with van der Waals surface area (Å²) in [5.41, 5.74) is 3.70. The van der Waals surface area contributed by atoms with E-state index in [0.29, 0.717) is 19.6 Å². The summed E-state index contributed by atoms with van der Waals surface area (Å²) in [5.74, 6) is 0.347. The Morgan fingerprint density at radius 1 is 0.930 bits per heavy atom. The van der Waals surface area contributed by atoms with E-state index < -0.39 is 34.1 Å². The second-order valence-corrected chi connectivity index (χ2v) is 30.7. The molecule has 5 atom stereocenters. The third-order valence-electron chi connectivity index (χ3n) is 12.9. The van der Waals surface area contributed by atoms with Crippen molar-refractivity contribution in [3.63, 3.8) is 0 Å². The first-order chi connectivity index (χ1) is 26.1. The van der Waals surface area contributed by atoms with Gasteiger partial charge in [-0.15, -0.1) is 11.3 Å². The highest BCUT2D eigenvalue weighted by molar-refractivity contribution is 7.09. The molecule has 10 heteroatoms. The van der Waals surface area contributed by atoms with Gasteiger partial charge in [-0.3, -0.25) is 4.79 Å². The minimum Gasteiger partial charge on any atom is -0.497 e. The van der Waals surface area contributed by atoms with E-state index in [4.69, 9.17) is 18.3 Å². The fourth-order valence-electron chi connectivity index (χ4n) is 6.49. The third kappa shape index (κ3) is 15.6. The summed E-state index contributed by atoms with van der Waals surface area (Å²) in [6.45, 7) is 37.9. The molecule has 0 fully saturated rings. The smallest absolute Gasteiger partial charge is 0.192 e. The summed E-state index contributed by atoms with van der Waals surface area (Å²) in [7, 11) is -2.50. The summed E-state index contributed by atoms with van der Waals surface area (Å²) in [6.07, 6.45) is 7.35. The van der Waals surface area contributed by atoms with Gasteiger partial charge in [0, 0.05) is 23.3 Å². The van der Waals surface area contributed by atoms with Crippen molar-refractivity contribution in [2.24, 2.45) is 17.3 Å². The number of hydrogen-bond donors (Lipinski definition) is 1. The minimum atomic E-state index is -2.21. The van der Waals surface area contributed by atoms with Crippen LogP contribution < -0.4 is 4.74 Å². The number of methoxy groups -OCH3 is 1. The van der Waals surface area contributed by atoms with Crippen molar-refractivity contribution in [2.45, 2.75) is 183 Å². The van der Waals surface area contributed by atoms with Crippen LogP contribution >= 0.6 is 11.3 Å². The number of aromatic nitrogens is 1. The van der Waals surface area contributed by atoms with E-state index in [1.807, 2.05) is 52.0 Å². The van der Waals surface area contributed by atoms with Gasteiger partial charge in [-0.2, -0.15) is 0 Å². The number of aryl methyl sites for hydroxylation is 1. The van der Waals surface area contributed by atoms with Gasteiger partial charge in [0.2, 0.25) is 0 Å². The summed E-state index contributed by atoms with van der Waals surface area (Å²) < 4.78 is 25.5. The molecule has 0 aliphatic heterocycles. The van der Waals surface area contributed by atoms with Gasteiger partial charge < -0.3 is 23.4 Å². The lowest BCUT2D eigenvalue weighted by Gasteiger charge is -2.45. The molecule has 324 valence electrons. The van der Waals surface area contributed by atoms with E-state index in [1.54, 1.807) is 18.4 Å². The van der Waals surface area contributed by atoms with Gasteiger partial charge in [-0.25, -0.2) is 4.98 Å². The van der Waals surface area contributed by atoms with Crippen LogP contribution in [0.5, 0.6) is 5.75 Å².